The second kappa shape index (κ2) is 5.43. The van der Waals surface area contributed by atoms with Crippen LogP contribution in [0.25, 0.3) is 11.0 Å². The Labute approximate surface area is 113 Å². The Bertz CT molecular complexity index is 735. The molecular formula is C13H12N2O5. The van der Waals surface area contributed by atoms with Gasteiger partial charge in [0.1, 0.15) is 11.3 Å². The van der Waals surface area contributed by atoms with E-state index in [1.165, 1.54) is 13.2 Å². The number of fused-ring (bicyclic) bond motifs is 1. The van der Waals surface area contributed by atoms with E-state index in [0.29, 0.717) is 11.1 Å². The number of hydrogen-bond acceptors (Lipinski definition) is 5. The monoisotopic (exact) mass is 276 g/mol. The number of rotatable bonds is 4. The average molecular weight is 276 g/mol. The van der Waals surface area contributed by atoms with Crippen LogP contribution < -0.4 is 21.4 Å². The molecule has 0 aliphatic rings. The van der Waals surface area contributed by atoms with Gasteiger partial charge in [0.2, 0.25) is 5.91 Å². The minimum Gasteiger partial charge on any atom is -0.497 e. The molecule has 0 bridgehead atoms. The smallest absolute Gasteiger partial charge is 0.337 e. The van der Waals surface area contributed by atoms with E-state index in [4.69, 9.17) is 14.9 Å². The van der Waals surface area contributed by atoms with Crippen molar-refractivity contribution in [2.24, 2.45) is 5.73 Å². The van der Waals surface area contributed by atoms with Crippen molar-refractivity contribution in [3.8, 4) is 5.75 Å². The number of carbonyl (C=O) groups is 2. The lowest BCUT2D eigenvalue weighted by atomic mass is 10.1. The number of nitrogens with two attached hydrogens (primary N) is 1. The Hall–Kier alpha value is -2.83. The van der Waals surface area contributed by atoms with E-state index in [0.717, 1.165) is 6.07 Å². The van der Waals surface area contributed by atoms with Crippen LogP contribution in [-0.4, -0.2) is 25.5 Å². The van der Waals surface area contributed by atoms with Gasteiger partial charge in [0.15, 0.2) is 0 Å². The first-order chi connectivity index (χ1) is 9.51. The maximum Gasteiger partial charge on any atom is 0.337 e. The van der Waals surface area contributed by atoms with Gasteiger partial charge >= 0.3 is 5.63 Å². The topological polar surface area (TPSA) is 112 Å². The number of benzene rings is 1. The van der Waals surface area contributed by atoms with Crippen LogP contribution in [0.1, 0.15) is 10.4 Å². The maximum absolute atomic E-state index is 11.9. The molecule has 0 atom stereocenters. The first-order valence-electron chi connectivity index (χ1n) is 5.69. The number of primary amides is 1. The van der Waals surface area contributed by atoms with Crippen molar-refractivity contribution >= 4 is 22.8 Å². The number of amides is 2. The van der Waals surface area contributed by atoms with Gasteiger partial charge in [-0.05, 0) is 12.1 Å². The molecule has 2 amide bonds. The molecule has 0 radical (unpaired) electrons. The highest BCUT2D eigenvalue weighted by molar-refractivity contribution is 6.06. The van der Waals surface area contributed by atoms with Crippen LogP contribution in [0.5, 0.6) is 5.75 Å². The van der Waals surface area contributed by atoms with Crippen LogP contribution in [0.4, 0.5) is 0 Å². The third-order valence-corrected chi connectivity index (χ3v) is 2.62. The van der Waals surface area contributed by atoms with Crippen molar-refractivity contribution in [1.82, 2.24) is 5.32 Å². The van der Waals surface area contributed by atoms with Crippen LogP contribution in [0.15, 0.2) is 33.5 Å². The van der Waals surface area contributed by atoms with E-state index >= 15 is 0 Å². The fourth-order valence-corrected chi connectivity index (χ4v) is 1.72. The van der Waals surface area contributed by atoms with Gasteiger partial charge in [-0.3, -0.25) is 9.59 Å². The molecule has 0 saturated carbocycles. The fraction of sp³-hybridized carbons (Fsp3) is 0.154. The minimum atomic E-state index is -0.674. The molecule has 1 heterocycles. The summed E-state index contributed by atoms with van der Waals surface area (Å²) in [6, 6.07) is 5.79. The highest BCUT2D eigenvalue weighted by Gasteiger charge is 2.14. The molecule has 2 aromatic rings. The fourth-order valence-electron chi connectivity index (χ4n) is 1.72. The predicted molar refractivity (Wildman–Crippen MR) is 70.6 cm³/mol. The van der Waals surface area contributed by atoms with E-state index in [-0.39, 0.29) is 17.7 Å². The molecule has 2 rings (SSSR count). The Kier molecular flexibility index (Phi) is 3.69. The lowest BCUT2D eigenvalue weighted by molar-refractivity contribution is -0.117. The Morgan fingerprint density at radius 3 is 2.75 bits per heavy atom. The molecule has 0 saturated heterocycles. The van der Waals surface area contributed by atoms with Gasteiger partial charge < -0.3 is 20.2 Å². The molecule has 0 aliphatic carbocycles. The molecule has 3 N–H and O–H groups in total. The molecule has 7 nitrogen and oxygen atoms in total. The lowest BCUT2D eigenvalue weighted by Gasteiger charge is -2.07. The van der Waals surface area contributed by atoms with Gasteiger partial charge in [-0.15, -0.1) is 0 Å². The van der Waals surface area contributed by atoms with Crippen molar-refractivity contribution in [2.45, 2.75) is 0 Å². The largest absolute Gasteiger partial charge is 0.497 e. The van der Waals surface area contributed by atoms with Crippen molar-refractivity contribution in [3.63, 3.8) is 0 Å². The molecule has 0 spiro atoms. The van der Waals surface area contributed by atoms with Crippen LogP contribution in [0.2, 0.25) is 0 Å². The first kappa shape index (κ1) is 13.6. The zero-order chi connectivity index (χ0) is 14.7. The van der Waals surface area contributed by atoms with Crippen LogP contribution in [-0.2, 0) is 4.79 Å². The van der Waals surface area contributed by atoms with Gasteiger partial charge in [0.05, 0.1) is 19.2 Å². The molecule has 7 heteroatoms. The molecule has 1 aromatic carbocycles. The summed E-state index contributed by atoms with van der Waals surface area (Å²) in [5.74, 6) is -0.755. The molecule has 0 aliphatic heterocycles. The van der Waals surface area contributed by atoms with Crippen LogP contribution in [0, 0.1) is 0 Å². The van der Waals surface area contributed by atoms with Crippen molar-refractivity contribution < 1.29 is 18.7 Å². The summed E-state index contributed by atoms with van der Waals surface area (Å²) < 4.78 is 10.0. The molecule has 0 fully saturated rings. The number of hydrogen-bond donors (Lipinski definition) is 2. The average Bonchev–Trinajstić information content (AvgIpc) is 2.42. The first-order valence-corrected chi connectivity index (χ1v) is 5.69. The number of methoxy groups -OCH3 is 1. The maximum atomic E-state index is 11.9. The normalized spacial score (nSPS) is 10.2. The zero-order valence-corrected chi connectivity index (χ0v) is 10.6. The third kappa shape index (κ3) is 2.77. The van der Waals surface area contributed by atoms with Crippen molar-refractivity contribution in [1.29, 1.82) is 0 Å². The summed E-state index contributed by atoms with van der Waals surface area (Å²) in [5.41, 5.74) is 4.61. The summed E-state index contributed by atoms with van der Waals surface area (Å²) in [5, 5.41) is 2.76. The predicted octanol–water partition coefficient (Wildman–Crippen LogP) is 0.0167. The van der Waals surface area contributed by atoms with E-state index in [2.05, 4.69) is 5.32 Å². The standard InChI is InChI=1S/C13H12N2O5/c1-19-7-2-3-8-9(13(18)15-6-11(14)16)5-12(17)20-10(8)4-7/h2-5H,6H2,1H3,(H2,14,16)(H,15,18). The van der Waals surface area contributed by atoms with E-state index in [1.807, 2.05) is 0 Å². The number of nitrogens with one attached hydrogen (secondary N) is 1. The summed E-state index contributed by atoms with van der Waals surface area (Å²) >= 11 is 0. The Balaban J connectivity index is 2.49. The van der Waals surface area contributed by atoms with Gasteiger partial charge in [0.25, 0.3) is 5.91 Å². The third-order valence-electron chi connectivity index (χ3n) is 2.62. The van der Waals surface area contributed by atoms with Gasteiger partial charge in [-0.1, -0.05) is 0 Å². The Morgan fingerprint density at radius 2 is 2.10 bits per heavy atom. The van der Waals surface area contributed by atoms with E-state index in [9.17, 15) is 14.4 Å². The second-order valence-electron chi connectivity index (χ2n) is 3.99. The summed E-state index contributed by atoms with van der Waals surface area (Å²) in [6.45, 7) is -0.309. The quantitative estimate of drug-likeness (QED) is 0.764. The van der Waals surface area contributed by atoms with E-state index in [1.54, 1.807) is 12.1 Å². The van der Waals surface area contributed by atoms with Gasteiger partial charge in [-0.25, -0.2) is 4.79 Å². The van der Waals surface area contributed by atoms with Crippen molar-refractivity contribution in [2.75, 3.05) is 13.7 Å². The molecule has 1 aromatic heterocycles. The number of ether oxygens (including phenoxy) is 1. The summed E-state index contributed by atoms with van der Waals surface area (Å²) in [4.78, 5) is 34.1. The van der Waals surface area contributed by atoms with Crippen molar-refractivity contribution in [3.05, 3.63) is 40.2 Å². The highest BCUT2D eigenvalue weighted by Crippen LogP contribution is 2.22. The minimum absolute atomic E-state index is 0.111. The molecular weight excluding hydrogens is 264 g/mol. The lowest BCUT2D eigenvalue weighted by Crippen LogP contribution is -2.33. The van der Waals surface area contributed by atoms with Crippen LogP contribution >= 0.6 is 0 Å². The number of carbonyl (C=O) groups excluding carboxylic acids is 2. The molecule has 104 valence electrons. The molecule has 0 unspecified atom stereocenters. The van der Waals surface area contributed by atoms with E-state index < -0.39 is 17.4 Å². The van der Waals surface area contributed by atoms with Crippen LogP contribution in [0.3, 0.4) is 0 Å². The summed E-state index contributed by atoms with van der Waals surface area (Å²) in [6.07, 6.45) is 0. The highest BCUT2D eigenvalue weighted by atomic mass is 16.5. The van der Waals surface area contributed by atoms with Gasteiger partial charge in [0, 0.05) is 17.5 Å². The summed E-state index contributed by atoms with van der Waals surface area (Å²) in [7, 11) is 1.47. The second-order valence-corrected chi connectivity index (χ2v) is 3.99. The molecule has 20 heavy (non-hydrogen) atoms. The SMILES string of the molecule is COc1ccc2c(C(=O)NCC(N)=O)cc(=O)oc2c1. The van der Waals surface area contributed by atoms with Gasteiger partial charge in [-0.2, -0.15) is 0 Å². The zero-order valence-electron chi connectivity index (χ0n) is 10.6. The Morgan fingerprint density at radius 1 is 1.35 bits per heavy atom.